The van der Waals surface area contributed by atoms with Gasteiger partial charge < -0.3 is 15.2 Å². The maximum Gasteiger partial charge on any atom is 0.252 e. The van der Waals surface area contributed by atoms with Crippen molar-refractivity contribution in [2.75, 3.05) is 0 Å². The summed E-state index contributed by atoms with van der Waals surface area (Å²) < 4.78 is 11.2. The first-order chi connectivity index (χ1) is 7.91. The minimum absolute atomic E-state index is 0.00707. The molecule has 0 radical (unpaired) electrons. The van der Waals surface area contributed by atoms with Gasteiger partial charge in [0.2, 0.25) is 0 Å². The van der Waals surface area contributed by atoms with E-state index in [1.54, 1.807) is 18.2 Å². The lowest BCUT2D eigenvalue weighted by molar-refractivity contribution is 0.0992. The second-order valence-electron chi connectivity index (χ2n) is 4.33. The number of amides is 1. The molecule has 0 heterocycles. The Morgan fingerprint density at radius 1 is 1.12 bits per heavy atom. The largest absolute Gasteiger partial charge is 0.487 e. The Morgan fingerprint density at radius 3 is 2.18 bits per heavy atom. The van der Waals surface area contributed by atoms with Gasteiger partial charge in [-0.1, -0.05) is 6.07 Å². The Hall–Kier alpha value is -1.71. The van der Waals surface area contributed by atoms with Crippen molar-refractivity contribution in [1.82, 2.24) is 0 Å². The van der Waals surface area contributed by atoms with Crippen LogP contribution < -0.4 is 15.2 Å². The summed E-state index contributed by atoms with van der Waals surface area (Å²) in [6.07, 6.45) is -0.0438. The van der Waals surface area contributed by atoms with Gasteiger partial charge in [0.05, 0.1) is 17.8 Å². The van der Waals surface area contributed by atoms with Gasteiger partial charge in [-0.05, 0) is 39.8 Å². The Kier molecular flexibility index (Phi) is 4.37. The summed E-state index contributed by atoms with van der Waals surface area (Å²) in [5.41, 5.74) is 5.66. The first kappa shape index (κ1) is 13.4. The van der Waals surface area contributed by atoms with Crippen LogP contribution in [0.15, 0.2) is 18.2 Å². The number of hydrogen-bond acceptors (Lipinski definition) is 3. The Morgan fingerprint density at radius 2 is 1.71 bits per heavy atom. The maximum atomic E-state index is 11.3. The highest BCUT2D eigenvalue weighted by Gasteiger charge is 2.17. The lowest BCUT2D eigenvalue weighted by Gasteiger charge is -2.18. The zero-order valence-corrected chi connectivity index (χ0v) is 10.7. The van der Waals surface area contributed by atoms with E-state index in [1.807, 2.05) is 27.7 Å². The van der Waals surface area contributed by atoms with Crippen LogP contribution in [0.3, 0.4) is 0 Å². The summed E-state index contributed by atoms with van der Waals surface area (Å²) in [6.45, 7) is 7.60. The first-order valence-corrected chi connectivity index (χ1v) is 5.68. The fraction of sp³-hybridized carbons (Fsp3) is 0.462. The third-order valence-electron chi connectivity index (χ3n) is 1.96. The highest BCUT2D eigenvalue weighted by molar-refractivity contribution is 5.96. The number of benzene rings is 1. The highest BCUT2D eigenvalue weighted by Crippen LogP contribution is 2.32. The molecule has 0 saturated heterocycles. The van der Waals surface area contributed by atoms with Crippen LogP contribution in [-0.4, -0.2) is 18.1 Å². The van der Waals surface area contributed by atoms with Gasteiger partial charge in [-0.25, -0.2) is 0 Å². The maximum absolute atomic E-state index is 11.3. The van der Waals surface area contributed by atoms with Crippen LogP contribution in [0, 0.1) is 0 Å². The normalized spacial score (nSPS) is 10.7. The molecule has 0 fully saturated rings. The van der Waals surface area contributed by atoms with Crippen molar-refractivity contribution in [2.24, 2.45) is 5.73 Å². The molecule has 0 aromatic heterocycles. The van der Waals surface area contributed by atoms with E-state index in [0.29, 0.717) is 17.1 Å². The molecule has 0 atom stereocenters. The molecule has 1 amide bonds. The zero-order chi connectivity index (χ0) is 13.0. The molecule has 1 rings (SSSR count). The fourth-order valence-corrected chi connectivity index (χ4v) is 1.41. The Balaban J connectivity index is 3.18. The van der Waals surface area contributed by atoms with Gasteiger partial charge in [-0.3, -0.25) is 4.79 Å². The molecule has 1 aromatic carbocycles. The van der Waals surface area contributed by atoms with E-state index in [0.717, 1.165) is 0 Å². The molecule has 0 aliphatic carbocycles. The third kappa shape index (κ3) is 3.66. The van der Waals surface area contributed by atoms with Gasteiger partial charge in [0.15, 0.2) is 11.5 Å². The van der Waals surface area contributed by atoms with Gasteiger partial charge in [-0.15, -0.1) is 0 Å². The van der Waals surface area contributed by atoms with Crippen molar-refractivity contribution >= 4 is 5.91 Å². The highest BCUT2D eigenvalue weighted by atomic mass is 16.5. The molecule has 0 aliphatic heterocycles. The summed E-state index contributed by atoms with van der Waals surface area (Å²) in [5.74, 6) is 0.448. The van der Waals surface area contributed by atoms with Crippen LogP contribution in [0.1, 0.15) is 38.1 Å². The van der Waals surface area contributed by atoms with Gasteiger partial charge in [-0.2, -0.15) is 0 Å². The molecular weight excluding hydrogens is 218 g/mol. The minimum Gasteiger partial charge on any atom is -0.487 e. The number of para-hydroxylation sites is 1. The average Bonchev–Trinajstić information content (AvgIpc) is 2.18. The summed E-state index contributed by atoms with van der Waals surface area (Å²) >= 11 is 0. The quantitative estimate of drug-likeness (QED) is 0.855. The van der Waals surface area contributed by atoms with E-state index in [2.05, 4.69) is 0 Å². The molecule has 94 valence electrons. The summed E-state index contributed by atoms with van der Waals surface area (Å²) in [6, 6.07) is 5.13. The van der Waals surface area contributed by atoms with E-state index in [1.165, 1.54) is 0 Å². The zero-order valence-electron chi connectivity index (χ0n) is 10.7. The van der Waals surface area contributed by atoms with Crippen molar-refractivity contribution in [3.8, 4) is 11.5 Å². The molecule has 4 heteroatoms. The number of carbonyl (C=O) groups excluding carboxylic acids is 1. The molecule has 4 nitrogen and oxygen atoms in total. The summed E-state index contributed by atoms with van der Waals surface area (Å²) in [4.78, 5) is 11.3. The van der Waals surface area contributed by atoms with Gasteiger partial charge in [0.25, 0.3) is 5.91 Å². The number of hydrogen-bond donors (Lipinski definition) is 1. The second-order valence-corrected chi connectivity index (χ2v) is 4.33. The molecule has 0 aliphatic rings. The van der Waals surface area contributed by atoms with Gasteiger partial charge in [0.1, 0.15) is 0 Å². The van der Waals surface area contributed by atoms with Crippen molar-refractivity contribution in [3.63, 3.8) is 0 Å². The van der Waals surface area contributed by atoms with Crippen LogP contribution in [0.2, 0.25) is 0 Å². The Bertz CT molecular complexity index is 400. The van der Waals surface area contributed by atoms with E-state index in [9.17, 15) is 4.79 Å². The predicted octanol–water partition coefficient (Wildman–Crippen LogP) is 2.36. The number of primary amides is 1. The third-order valence-corrected chi connectivity index (χ3v) is 1.96. The van der Waals surface area contributed by atoms with Crippen molar-refractivity contribution in [3.05, 3.63) is 23.8 Å². The molecular formula is C13H19NO3. The average molecular weight is 237 g/mol. The topological polar surface area (TPSA) is 61.5 Å². The smallest absolute Gasteiger partial charge is 0.252 e. The molecule has 17 heavy (non-hydrogen) atoms. The van der Waals surface area contributed by atoms with Crippen molar-refractivity contribution in [2.45, 2.75) is 39.9 Å². The number of ether oxygens (including phenoxy) is 2. The SMILES string of the molecule is CC(C)Oc1cccc(C(N)=O)c1OC(C)C. The van der Waals surface area contributed by atoms with Gasteiger partial charge >= 0.3 is 0 Å². The van der Waals surface area contributed by atoms with Crippen LogP contribution in [0.4, 0.5) is 0 Å². The van der Waals surface area contributed by atoms with Crippen molar-refractivity contribution in [1.29, 1.82) is 0 Å². The molecule has 1 aromatic rings. The van der Waals surface area contributed by atoms with Gasteiger partial charge in [0, 0.05) is 0 Å². The Labute approximate surface area is 102 Å². The summed E-state index contributed by atoms with van der Waals surface area (Å²) in [5, 5.41) is 0. The van der Waals surface area contributed by atoms with Crippen LogP contribution >= 0.6 is 0 Å². The summed E-state index contributed by atoms with van der Waals surface area (Å²) in [7, 11) is 0. The molecule has 0 spiro atoms. The number of carbonyl (C=O) groups is 1. The predicted molar refractivity (Wildman–Crippen MR) is 66.5 cm³/mol. The fourth-order valence-electron chi connectivity index (χ4n) is 1.41. The van der Waals surface area contributed by atoms with Crippen LogP contribution in [0.25, 0.3) is 0 Å². The molecule has 0 unspecified atom stereocenters. The lowest BCUT2D eigenvalue weighted by Crippen LogP contribution is -2.17. The van der Waals surface area contributed by atoms with Crippen LogP contribution in [0.5, 0.6) is 11.5 Å². The lowest BCUT2D eigenvalue weighted by atomic mass is 10.1. The number of rotatable bonds is 5. The van der Waals surface area contributed by atoms with Crippen molar-refractivity contribution < 1.29 is 14.3 Å². The molecule has 2 N–H and O–H groups in total. The molecule has 0 saturated carbocycles. The standard InChI is InChI=1S/C13H19NO3/c1-8(2)16-11-7-5-6-10(13(14)15)12(11)17-9(3)4/h5-9H,1-4H3,(H2,14,15). The van der Waals surface area contributed by atoms with E-state index in [-0.39, 0.29) is 12.2 Å². The first-order valence-electron chi connectivity index (χ1n) is 5.68. The monoisotopic (exact) mass is 237 g/mol. The van der Waals surface area contributed by atoms with E-state index < -0.39 is 5.91 Å². The van der Waals surface area contributed by atoms with Crippen LogP contribution in [-0.2, 0) is 0 Å². The minimum atomic E-state index is -0.519. The van der Waals surface area contributed by atoms with E-state index in [4.69, 9.17) is 15.2 Å². The van der Waals surface area contributed by atoms with E-state index >= 15 is 0 Å². The second kappa shape index (κ2) is 5.57. The molecule has 0 bridgehead atoms. The number of nitrogens with two attached hydrogens (primary N) is 1.